The van der Waals surface area contributed by atoms with Gasteiger partial charge >= 0.3 is 0 Å². The molecule has 3 rings (SSSR count). The first-order valence-corrected chi connectivity index (χ1v) is 9.05. The van der Waals surface area contributed by atoms with Crippen molar-refractivity contribution in [3.8, 4) is 0 Å². The second-order valence-corrected chi connectivity index (χ2v) is 7.75. The molecule has 3 fully saturated rings. The average molecular weight is 315 g/mol. The van der Waals surface area contributed by atoms with E-state index >= 15 is 0 Å². The normalized spacial score (nSPS) is 37.2. The molecule has 3 atom stereocenters. The Bertz CT molecular complexity index is 373. The Kier molecular flexibility index (Phi) is 5.05. The monoisotopic (exact) mass is 315 g/mol. The Morgan fingerprint density at radius 1 is 1.09 bits per heavy atom. The van der Waals surface area contributed by atoms with Crippen molar-refractivity contribution in [2.24, 2.45) is 11.7 Å². The molecule has 0 unspecified atom stereocenters. The van der Waals surface area contributed by atoms with E-state index in [9.17, 15) is 8.78 Å². The van der Waals surface area contributed by atoms with Crippen LogP contribution in [0.5, 0.6) is 0 Å². The van der Waals surface area contributed by atoms with Gasteiger partial charge in [0.05, 0.1) is 6.04 Å². The first-order chi connectivity index (χ1) is 10.5. The molecule has 1 heterocycles. The van der Waals surface area contributed by atoms with Gasteiger partial charge in [-0.2, -0.15) is 0 Å². The molecular formula is C17H31F2N3. The lowest BCUT2D eigenvalue weighted by Gasteiger charge is -2.41. The minimum Gasteiger partial charge on any atom is -0.321 e. The van der Waals surface area contributed by atoms with Crippen LogP contribution in [0.4, 0.5) is 8.78 Å². The van der Waals surface area contributed by atoms with E-state index in [1.165, 1.54) is 25.8 Å². The van der Waals surface area contributed by atoms with Gasteiger partial charge in [-0.3, -0.25) is 4.90 Å². The average Bonchev–Trinajstić information content (AvgIpc) is 3.28. The third kappa shape index (κ3) is 3.80. The van der Waals surface area contributed by atoms with Gasteiger partial charge in [-0.05, 0) is 71.0 Å². The van der Waals surface area contributed by atoms with E-state index in [4.69, 9.17) is 5.73 Å². The molecule has 0 aromatic heterocycles. The summed E-state index contributed by atoms with van der Waals surface area (Å²) in [5.41, 5.74) is 5.91. The van der Waals surface area contributed by atoms with Crippen LogP contribution in [0.15, 0.2) is 0 Å². The molecule has 3 nitrogen and oxygen atoms in total. The van der Waals surface area contributed by atoms with Crippen LogP contribution in [0.1, 0.15) is 51.4 Å². The number of hydrogen-bond acceptors (Lipinski definition) is 3. The lowest BCUT2D eigenvalue weighted by Crippen LogP contribution is -2.59. The van der Waals surface area contributed by atoms with E-state index in [0.29, 0.717) is 12.5 Å². The summed E-state index contributed by atoms with van der Waals surface area (Å²) in [6.45, 7) is 3.07. The van der Waals surface area contributed by atoms with Gasteiger partial charge in [-0.15, -0.1) is 0 Å². The van der Waals surface area contributed by atoms with Crippen molar-refractivity contribution in [2.45, 2.75) is 75.4 Å². The molecule has 0 aromatic rings. The van der Waals surface area contributed by atoms with Crippen molar-refractivity contribution in [3.63, 3.8) is 0 Å². The Labute approximate surface area is 133 Å². The molecule has 0 bridgehead atoms. The maximum atomic E-state index is 13.9. The molecule has 1 saturated heterocycles. The van der Waals surface area contributed by atoms with Gasteiger partial charge in [0.2, 0.25) is 0 Å². The van der Waals surface area contributed by atoms with Crippen LogP contribution in [0.25, 0.3) is 0 Å². The van der Waals surface area contributed by atoms with E-state index in [0.717, 1.165) is 38.3 Å². The van der Waals surface area contributed by atoms with Gasteiger partial charge < -0.3 is 10.6 Å². The highest BCUT2D eigenvalue weighted by atomic mass is 19.3. The number of nitrogens with zero attached hydrogens (tertiary/aromatic N) is 2. The predicted octanol–water partition coefficient (Wildman–Crippen LogP) is 2.70. The summed E-state index contributed by atoms with van der Waals surface area (Å²) < 4.78 is 27.8. The second kappa shape index (κ2) is 6.70. The van der Waals surface area contributed by atoms with Crippen LogP contribution in [0, 0.1) is 5.92 Å². The zero-order valence-electron chi connectivity index (χ0n) is 13.8. The molecule has 2 saturated carbocycles. The highest BCUT2D eigenvalue weighted by Crippen LogP contribution is 2.36. The zero-order chi connectivity index (χ0) is 15.7. The molecule has 1 aliphatic heterocycles. The van der Waals surface area contributed by atoms with E-state index in [-0.39, 0.29) is 12.5 Å². The molecule has 0 radical (unpaired) electrons. The van der Waals surface area contributed by atoms with Crippen molar-refractivity contribution >= 4 is 0 Å². The fourth-order valence-corrected chi connectivity index (χ4v) is 4.31. The minimum absolute atomic E-state index is 0.0365. The van der Waals surface area contributed by atoms with Gasteiger partial charge in [-0.25, -0.2) is 8.78 Å². The molecule has 0 spiro atoms. The fraction of sp³-hybridized carbons (Fsp3) is 1.00. The Hall–Kier alpha value is -0.260. The third-order valence-corrected chi connectivity index (χ3v) is 5.98. The Balaban J connectivity index is 1.55. The van der Waals surface area contributed by atoms with Crippen molar-refractivity contribution in [1.82, 2.24) is 9.80 Å². The maximum absolute atomic E-state index is 13.9. The molecule has 2 N–H and O–H groups in total. The van der Waals surface area contributed by atoms with Crippen LogP contribution < -0.4 is 5.73 Å². The van der Waals surface area contributed by atoms with Gasteiger partial charge in [-0.1, -0.05) is 0 Å². The SMILES string of the molecule is CN(CC1CC1)[C@H]1CCCN([C@H]2CCCC(F)(F)[C@@H]2N)CC1. The quantitative estimate of drug-likeness (QED) is 0.866. The van der Waals surface area contributed by atoms with Gasteiger partial charge in [0.25, 0.3) is 5.92 Å². The highest BCUT2D eigenvalue weighted by Gasteiger charge is 2.46. The first-order valence-electron chi connectivity index (χ1n) is 9.05. The molecule has 5 heteroatoms. The number of alkyl halides is 2. The summed E-state index contributed by atoms with van der Waals surface area (Å²) in [5, 5.41) is 0. The van der Waals surface area contributed by atoms with Crippen LogP contribution in [-0.2, 0) is 0 Å². The van der Waals surface area contributed by atoms with Crippen molar-refractivity contribution in [1.29, 1.82) is 0 Å². The molecule has 0 amide bonds. The number of nitrogens with two attached hydrogens (primary N) is 1. The Morgan fingerprint density at radius 3 is 2.59 bits per heavy atom. The van der Waals surface area contributed by atoms with Crippen LogP contribution in [0.2, 0.25) is 0 Å². The van der Waals surface area contributed by atoms with Crippen LogP contribution in [0.3, 0.4) is 0 Å². The summed E-state index contributed by atoms with van der Waals surface area (Å²) in [7, 11) is 2.24. The van der Waals surface area contributed by atoms with Crippen LogP contribution in [-0.4, -0.2) is 60.5 Å². The number of likely N-dealkylation sites (tertiary alicyclic amines) is 1. The van der Waals surface area contributed by atoms with Crippen LogP contribution >= 0.6 is 0 Å². The standard InChI is InChI=1S/C17H31F2N3/c1-21(12-13-6-7-13)14-4-3-10-22(11-8-14)15-5-2-9-17(18,19)16(15)20/h13-16H,2-12,20H2,1H3/t14-,15-,16+/m0/s1. The van der Waals surface area contributed by atoms with Gasteiger partial charge in [0.15, 0.2) is 0 Å². The molecule has 0 aromatic carbocycles. The summed E-state index contributed by atoms with van der Waals surface area (Å²) >= 11 is 0. The molecular weight excluding hydrogens is 284 g/mol. The highest BCUT2D eigenvalue weighted by molar-refractivity contribution is 4.97. The smallest absolute Gasteiger partial charge is 0.264 e. The van der Waals surface area contributed by atoms with E-state index in [1.54, 1.807) is 0 Å². The second-order valence-electron chi connectivity index (χ2n) is 7.75. The minimum atomic E-state index is -2.68. The van der Waals surface area contributed by atoms with E-state index < -0.39 is 12.0 Å². The molecule has 2 aliphatic carbocycles. The summed E-state index contributed by atoms with van der Waals surface area (Å²) in [4.78, 5) is 4.78. The van der Waals surface area contributed by atoms with Crippen molar-refractivity contribution in [2.75, 3.05) is 26.7 Å². The maximum Gasteiger partial charge on any atom is 0.264 e. The molecule has 22 heavy (non-hydrogen) atoms. The first kappa shape index (κ1) is 16.6. The summed E-state index contributed by atoms with van der Waals surface area (Å²) in [5.74, 6) is -1.77. The number of halogens is 2. The molecule has 3 aliphatic rings. The largest absolute Gasteiger partial charge is 0.321 e. The fourth-order valence-electron chi connectivity index (χ4n) is 4.31. The van der Waals surface area contributed by atoms with E-state index in [1.807, 2.05) is 0 Å². The molecule has 128 valence electrons. The van der Waals surface area contributed by atoms with Crippen molar-refractivity contribution in [3.05, 3.63) is 0 Å². The summed E-state index contributed by atoms with van der Waals surface area (Å²) in [6.07, 6.45) is 7.56. The lowest BCUT2D eigenvalue weighted by molar-refractivity contribution is -0.0823. The lowest BCUT2D eigenvalue weighted by atomic mass is 9.86. The number of hydrogen-bond donors (Lipinski definition) is 1. The Morgan fingerprint density at radius 2 is 1.86 bits per heavy atom. The topological polar surface area (TPSA) is 32.5 Å². The predicted molar refractivity (Wildman–Crippen MR) is 85.1 cm³/mol. The summed E-state index contributed by atoms with van der Waals surface area (Å²) in [6, 6.07) is -0.496. The van der Waals surface area contributed by atoms with E-state index in [2.05, 4.69) is 16.8 Å². The number of rotatable bonds is 4. The van der Waals surface area contributed by atoms with Gasteiger partial charge in [0.1, 0.15) is 0 Å². The third-order valence-electron chi connectivity index (χ3n) is 5.98. The van der Waals surface area contributed by atoms with Crippen molar-refractivity contribution < 1.29 is 8.78 Å². The van der Waals surface area contributed by atoms with Gasteiger partial charge in [0, 0.05) is 25.0 Å². The zero-order valence-corrected chi connectivity index (χ0v) is 13.8.